The van der Waals surface area contributed by atoms with E-state index in [2.05, 4.69) is 31.9 Å². The predicted molar refractivity (Wildman–Crippen MR) is 83.2 cm³/mol. The Balaban J connectivity index is 1.96. The number of thiazole rings is 1. The van der Waals surface area contributed by atoms with Gasteiger partial charge in [0.15, 0.2) is 5.01 Å². The molecule has 0 radical (unpaired) electrons. The van der Waals surface area contributed by atoms with Gasteiger partial charge in [0.2, 0.25) is 5.13 Å². The fourth-order valence-corrected chi connectivity index (χ4v) is 4.43. The fourth-order valence-electron chi connectivity index (χ4n) is 1.64. The highest BCUT2D eigenvalue weighted by atomic mass is 32.1. The van der Waals surface area contributed by atoms with Crippen molar-refractivity contribution in [1.29, 1.82) is 0 Å². The van der Waals surface area contributed by atoms with Gasteiger partial charge in [-0.1, -0.05) is 17.4 Å². The Morgan fingerprint density at radius 2 is 2.11 bits per heavy atom. The van der Waals surface area contributed by atoms with E-state index in [-0.39, 0.29) is 0 Å². The molecular formula is C12H12N4S3. The molecule has 0 fully saturated rings. The summed E-state index contributed by atoms with van der Waals surface area (Å²) in [5.74, 6) is 0. The summed E-state index contributed by atoms with van der Waals surface area (Å²) in [6, 6.07) is 4.14. The lowest BCUT2D eigenvalue weighted by Crippen LogP contribution is -1.94. The van der Waals surface area contributed by atoms with E-state index in [9.17, 15) is 0 Å². The Morgan fingerprint density at radius 3 is 2.84 bits per heavy atom. The van der Waals surface area contributed by atoms with E-state index >= 15 is 0 Å². The average Bonchev–Trinajstić information content (AvgIpc) is 3.08. The molecule has 4 nitrogen and oxygen atoms in total. The highest BCUT2D eigenvalue weighted by molar-refractivity contribution is 7.26. The van der Waals surface area contributed by atoms with Crippen molar-refractivity contribution in [2.75, 3.05) is 11.9 Å². The SMILES string of the molecule is CCNc1nnc(-c2sc(-c3cccs3)nc2C)s1. The summed E-state index contributed by atoms with van der Waals surface area (Å²) in [5.41, 5.74) is 1.02. The van der Waals surface area contributed by atoms with Gasteiger partial charge in [-0.05, 0) is 25.3 Å². The van der Waals surface area contributed by atoms with E-state index in [4.69, 9.17) is 0 Å². The monoisotopic (exact) mass is 308 g/mol. The summed E-state index contributed by atoms with van der Waals surface area (Å²) in [6.07, 6.45) is 0. The van der Waals surface area contributed by atoms with Gasteiger partial charge in [-0.2, -0.15) is 0 Å². The van der Waals surface area contributed by atoms with Crippen LogP contribution < -0.4 is 5.32 Å². The van der Waals surface area contributed by atoms with Crippen LogP contribution in [0, 0.1) is 6.92 Å². The predicted octanol–water partition coefficient (Wildman–Crippen LogP) is 4.13. The van der Waals surface area contributed by atoms with E-state index in [1.54, 1.807) is 34.0 Å². The summed E-state index contributed by atoms with van der Waals surface area (Å²) in [6.45, 7) is 4.93. The molecule has 0 aliphatic rings. The molecule has 0 amide bonds. The normalized spacial score (nSPS) is 10.8. The average molecular weight is 308 g/mol. The summed E-state index contributed by atoms with van der Waals surface area (Å²) >= 11 is 4.97. The van der Waals surface area contributed by atoms with Crippen LogP contribution in [0.3, 0.4) is 0 Å². The summed E-state index contributed by atoms with van der Waals surface area (Å²) in [7, 11) is 0. The van der Waals surface area contributed by atoms with Crippen LogP contribution in [-0.2, 0) is 0 Å². The quantitative estimate of drug-likeness (QED) is 0.787. The van der Waals surface area contributed by atoms with Crippen molar-refractivity contribution in [2.24, 2.45) is 0 Å². The first kappa shape index (κ1) is 12.7. The standard InChI is InChI=1S/C12H12N4S3/c1-3-13-12-16-15-11(19-12)9-7(2)14-10(18-9)8-5-4-6-17-8/h4-6H,3H2,1-2H3,(H,13,16). The van der Waals surface area contributed by atoms with Crippen molar-refractivity contribution in [3.05, 3.63) is 23.2 Å². The Kier molecular flexibility index (Phi) is 3.58. The molecule has 0 bridgehead atoms. The number of hydrogen-bond acceptors (Lipinski definition) is 7. The second kappa shape index (κ2) is 5.36. The molecule has 3 heterocycles. The van der Waals surface area contributed by atoms with E-state index < -0.39 is 0 Å². The van der Waals surface area contributed by atoms with Gasteiger partial charge in [0.1, 0.15) is 5.01 Å². The zero-order chi connectivity index (χ0) is 13.2. The summed E-state index contributed by atoms with van der Waals surface area (Å²) in [4.78, 5) is 6.95. The molecule has 98 valence electrons. The second-order valence-electron chi connectivity index (χ2n) is 3.85. The third kappa shape index (κ3) is 2.54. The van der Waals surface area contributed by atoms with Crippen molar-refractivity contribution in [1.82, 2.24) is 15.2 Å². The largest absolute Gasteiger partial charge is 0.360 e. The van der Waals surface area contributed by atoms with Crippen molar-refractivity contribution >= 4 is 39.1 Å². The van der Waals surface area contributed by atoms with Crippen LogP contribution in [0.4, 0.5) is 5.13 Å². The molecule has 1 N–H and O–H groups in total. The molecule has 0 aliphatic carbocycles. The third-order valence-electron chi connectivity index (χ3n) is 2.48. The first-order chi connectivity index (χ1) is 9.28. The smallest absolute Gasteiger partial charge is 0.206 e. The molecule has 0 saturated carbocycles. The maximum Gasteiger partial charge on any atom is 0.206 e. The van der Waals surface area contributed by atoms with Gasteiger partial charge in [0.05, 0.1) is 15.4 Å². The van der Waals surface area contributed by atoms with Gasteiger partial charge in [0, 0.05) is 6.54 Å². The summed E-state index contributed by atoms with van der Waals surface area (Å²) < 4.78 is 0. The molecule has 0 unspecified atom stereocenters. The van der Waals surface area contributed by atoms with Crippen LogP contribution in [0.1, 0.15) is 12.6 Å². The van der Waals surface area contributed by atoms with Gasteiger partial charge in [-0.15, -0.1) is 32.9 Å². The number of anilines is 1. The van der Waals surface area contributed by atoms with Crippen LogP contribution in [0.15, 0.2) is 17.5 Å². The number of nitrogens with one attached hydrogen (secondary N) is 1. The molecule has 0 aliphatic heterocycles. The van der Waals surface area contributed by atoms with Crippen molar-refractivity contribution in [3.8, 4) is 19.8 Å². The van der Waals surface area contributed by atoms with Gasteiger partial charge in [-0.3, -0.25) is 0 Å². The molecule has 0 aromatic carbocycles. The van der Waals surface area contributed by atoms with Gasteiger partial charge < -0.3 is 5.32 Å². The van der Waals surface area contributed by atoms with Crippen molar-refractivity contribution in [3.63, 3.8) is 0 Å². The Morgan fingerprint density at radius 1 is 1.21 bits per heavy atom. The van der Waals surface area contributed by atoms with Crippen LogP contribution in [-0.4, -0.2) is 21.7 Å². The van der Waals surface area contributed by atoms with E-state index in [0.717, 1.165) is 32.3 Å². The van der Waals surface area contributed by atoms with E-state index in [1.165, 1.54) is 4.88 Å². The third-order valence-corrected chi connectivity index (χ3v) is 5.71. The Labute approximate surface area is 123 Å². The Hall–Kier alpha value is -1.31. The molecule has 7 heteroatoms. The van der Waals surface area contributed by atoms with Crippen molar-refractivity contribution < 1.29 is 0 Å². The van der Waals surface area contributed by atoms with Gasteiger partial charge >= 0.3 is 0 Å². The number of aryl methyl sites for hydroxylation is 1. The lowest BCUT2D eigenvalue weighted by atomic mass is 10.4. The first-order valence-electron chi connectivity index (χ1n) is 5.87. The molecule has 3 rings (SSSR count). The second-order valence-corrected chi connectivity index (χ2v) is 6.78. The Bertz CT molecular complexity index is 669. The van der Waals surface area contributed by atoms with E-state index in [1.807, 2.05) is 19.9 Å². The molecule has 3 aromatic rings. The molecule has 0 saturated heterocycles. The number of rotatable bonds is 4. The minimum absolute atomic E-state index is 0.858. The maximum absolute atomic E-state index is 4.63. The van der Waals surface area contributed by atoms with Crippen molar-refractivity contribution in [2.45, 2.75) is 13.8 Å². The molecule has 0 spiro atoms. The zero-order valence-electron chi connectivity index (χ0n) is 10.5. The topological polar surface area (TPSA) is 50.7 Å². The number of thiophene rings is 1. The van der Waals surface area contributed by atoms with Crippen LogP contribution in [0.25, 0.3) is 19.8 Å². The maximum atomic E-state index is 4.63. The highest BCUT2D eigenvalue weighted by Crippen LogP contribution is 2.38. The number of aromatic nitrogens is 3. The minimum Gasteiger partial charge on any atom is -0.360 e. The lowest BCUT2D eigenvalue weighted by molar-refractivity contribution is 1.07. The first-order valence-corrected chi connectivity index (χ1v) is 8.38. The molecule has 3 aromatic heterocycles. The van der Waals surface area contributed by atoms with Crippen LogP contribution in [0.5, 0.6) is 0 Å². The lowest BCUT2D eigenvalue weighted by Gasteiger charge is -1.91. The number of nitrogens with zero attached hydrogens (tertiary/aromatic N) is 3. The molecular weight excluding hydrogens is 296 g/mol. The zero-order valence-corrected chi connectivity index (χ0v) is 13.0. The summed E-state index contributed by atoms with van der Waals surface area (Å²) in [5, 5.41) is 16.5. The van der Waals surface area contributed by atoms with E-state index in [0.29, 0.717) is 0 Å². The van der Waals surface area contributed by atoms with Gasteiger partial charge in [0.25, 0.3) is 0 Å². The molecule has 0 atom stereocenters. The molecule has 19 heavy (non-hydrogen) atoms. The highest BCUT2D eigenvalue weighted by Gasteiger charge is 2.15. The van der Waals surface area contributed by atoms with Crippen LogP contribution in [0.2, 0.25) is 0 Å². The van der Waals surface area contributed by atoms with Crippen LogP contribution >= 0.6 is 34.0 Å². The fraction of sp³-hybridized carbons (Fsp3) is 0.250. The minimum atomic E-state index is 0.858. The van der Waals surface area contributed by atoms with Gasteiger partial charge in [-0.25, -0.2) is 4.98 Å². The number of hydrogen-bond donors (Lipinski definition) is 1.